The van der Waals surface area contributed by atoms with E-state index in [-0.39, 0.29) is 13.2 Å². The Kier molecular flexibility index (Phi) is 7.68. The van der Waals surface area contributed by atoms with E-state index >= 15 is 0 Å². The molecule has 0 aromatic heterocycles. The van der Waals surface area contributed by atoms with E-state index in [4.69, 9.17) is 38.6 Å². The smallest absolute Gasteiger partial charge is 0.418 e. The van der Waals surface area contributed by atoms with Crippen molar-refractivity contribution in [2.24, 2.45) is 0 Å². The zero-order valence-corrected chi connectivity index (χ0v) is 12.9. The molecule has 0 saturated carbocycles. The number of hydrogen-bond donors (Lipinski definition) is 2. The second-order valence-electron chi connectivity index (χ2n) is 3.20. The van der Waals surface area contributed by atoms with Gasteiger partial charge in [-0.05, 0) is 28.9 Å². The minimum Gasteiger partial charge on any atom is -0.446 e. The van der Waals surface area contributed by atoms with E-state index in [2.05, 4.69) is 14.8 Å². The van der Waals surface area contributed by atoms with Crippen molar-refractivity contribution in [3.05, 3.63) is 28.2 Å². The average molecular weight is 360 g/mol. The number of benzene rings is 1. The van der Waals surface area contributed by atoms with Crippen molar-refractivity contribution < 1.29 is 19.1 Å². The van der Waals surface area contributed by atoms with Gasteiger partial charge in [-0.3, -0.25) is 10.0 Å². The second kappa shape index (κ2) is 9.02. The molecule has 0 radical (unpaired) electrons. The van der Waals surface area contributed by atoms with Crippen molar-refractivity contribution in [1.82, 2.24) is 4.72 Å². The summed E-state index contributed by atoms with van der Waals surface area (Å²) in [7, 11) is 5.16. The Bertz CT molecular complexity index is 490. The molecule has 0 bridgehead atoms. The maximum Gasteiger partial charge on any atom is 0.418 e. The topological polar surface area (TPSA) is 76.7 Å². The Labute approximate surface area is 133 Å². The number of anilines is 1. The van der Waals surface area contributed by atoms with Crippen LogP contribution in [-0.4, -0.2) is 25.4 Å². The van der Waals surface area contributed by atoms with Crippen molar-refractivity contribution in [2.45, 2.75) is 0 Å². The number of hydrogen-bond acceptors (Lipinski definition) is 5. The van der Waals surface area contributed by atoms with Gasteiger partial charge in [-0.15, -0.1) is 0 Å². The molecule has 20 heavy (non-hydrogen) atoms. The third kappa shape index (κ3) is 6.42. The van der Waals surface area contributed by atoms with Crippen LogP contribution in [0.5, 0.6) is 0 Å². The molecular formula is C10H9Cl3N2O4S. The van der Waals surface area contributed by atoms with Crippen LogP contribution in [0.4, 0.5) is 15.3 Å². The summed E-state index contributed by atoms with van der Waals surface area (Å²) in [6, 6.07) is 4.58. The third-order valence-corrected chi connectivity index (χ3v) is 3.05. The predicted octanol–water partition coefficient (Wildman–Crippen LogP) is 4.07. The summed E-state index contributed by atoms with van der Waals surface area (Å²) in [4.78, 5) is 22.2. The molecule has 2 amide bonds. The molecule has 10 heteroatoms. The first-order chi connectivity index (χ1) is 9.52. The van der Waals surface area contributed by atoms with Crippen LogP contribution in [0, 0.1) is 0 Å². The fraction of sp³-hybridized carbons (Fsp3) is 0.200. The highest BCUT2D eigenvalue weighted by Crippen LogP contribution is 2.24. The maximum absolute atomic E-state index is 11.4. The molecule has 0 atom stereocenters. The van der Waals surface area contributed by atoms with Crippen LogP contribution in [-0.2, 0) is 9.47 Å². The number of ether oxygens (including phenoxy) is 2. The maximum atomic E-state index is 11.4. The second-order valence-corrected chi connectivity index (χ2v) is 4.84. The molecule has 1 aromatic rings. The zero-order valence-electron chi connectivity index (χ0n) is 9.82. The Morgan fingerprint density at radius 1 is 1.10 bits per heavy atom. The quantitative estimate of drug-likeness (QED) is 0.612. The molecule has 0 aliphatic carbocycles. The Balaban J connectivity index is 2.26. The Hall–Kier alpha value is -1.02. The molecule has 0 aliphatic heterocycles. The van der Waals surface area contributed by atoms with Gasteiger partial charge >= 0.3 is 12.2 Å². The zero-order chi connectivity index (χ0) is 15.0. The van der Waals surface area contributed by atoms with E-state index < -0.39 is 12.2 Å². The molecule has 6 nitrogen and oxygen atoms in total. The van der Waals surface area contributed by atoms with Crippen molar-refractivity contribution in [1.29, 1.82) is 0 Å². The number of nitrogens with one attached hydrogen (secondary N) is 2. The summed E-state index contributed by atoms with van der Waals surface area (Å²) in [5.74, 6) is 0. The standard InChI is InChI=1S/C10H9Cl3N2O4S/c11-7-2-1-6(5-8(7)12)14-9(16)18-3-4-19-10(17)15-20-13/h1-2,5H,3-4H2,(H,14,16)(H,15,17). The molecule has 0 spiro atoms. The van der Waals surface area contributed by atoms with Gasteiger partial charge in [0, 0.05) is 5.69 Å². The first-order valence-electron chi connectivity index (χ1n) is 5.12. The summed E-state index contributed by atoms with van der Waals surface area (Å²) in [6.45, 7) is -0.203. The van der Waals surface area contributed by atoms with Crippen LogP contribution in [0.2, 0.25) is 10.0 Å². The predicted molar refractivity (Wildman–Crippen MR) is 79.4 cm³/mol. The van der Waals surface area contributed by atoms with Crippen LogP contribution in [0.3, 0.4) is 0 Å². The van der Waals surface area contributed by atoms with Gasteiger partial charge in [0.15, 0.2) is 0 Å². The van der Waals surface area contributed by atoms with Gasteiger partial charge in [0.05, 0.1) is 21.2 Å². The van der Waals surface area contributed by atoms with E-state index in [0.29, 0.717) is 26.9 Å². The molecular weight excluding hydrogens is 351 g/mol. The highest BCUT2D eigenvalue weighted by Gasteiger charge is 2.06. The lowest BCUT2D eigenvalue weighted by Crippen LogP contribution is -2.21. The molecule has 1 aromatic carbocycles. The number of carbonyl (C=O) groups excluding carboxylic acids is 2. The van der Waals surface area contributed by atoms with Crippen LogP contribution in [0.25, 0.3) is 0 Å². The first-order valence-corrected chi connectivity index (χ1v) is 7.52. The lowest BCUT2D eigenvalue weighted by molar-refractivity contribution is 0.106. The van der Waals surface area contributed by atoms with Gasteiger partial charge in [0.2, 0.25) is 0 Å². The molecule has 0 heterocycles. The van der Waals surface area contributed by atoms with E-state index in [1.807, 2.05) is 0 Å². The molecule has 0 fully saturated rings. The molecule has 0 saturated heterocycles. The van der Waals surface area contributed by atoms with Crippen LogP contribution >= 0.6 is 45.0 Å². The summed E-state index contributed by atoms with van der Waals surface area (Å²) >= 11 is 12.1. The SMILES string of the molecule is O=C(NSCl)OCCOC(=O)Nc1ccc(Cl)c(Cl)c1. The first kappa shape index (κ1) is 17.0. The third-order valence-electron chi connectivity index (χ3n) is 1.84. The number of carbonyl (C=O) groups is 2. The van der Waals surface area contributed by atoms with E-state index in [1.54, 1.807) is 6.07 Å². The largest absolute Gasteiger partial charge is 0.446 e. The normalized spacial score (nSPS) is 9.75. The van der Waals surface area contributed by atoms with E-state index in [0.717, 1.165) is 0 Å². The van der Waals surface area contributed by atoms with Crippen LogP contribution in [0.15, 0.2) is 18.2 Å². The summed E-state index contributed by atoms with van der Waals surface area (Å²) in [6.07, 6.45) is -1.43. The average Bonchev–Trinajstić information content (AvgIpc) is 2.39. The van der Waals surface area contributed by atoms with Gasteiger partial charge in [0.25, 0.3) is 0 Å². The van der Waals surface area contributed by atoms with Gasteiger partial charge in [-0.25, -0.2) is 9.59 Å². The monoisotopic (exact) mass is 358 g/mol. The minimum atomic E-state index is -0.724. The molecule has 2 N–H and O–H groups in total. The summed E-state index contributed by atoms with van der Waals surface area (Å²) in [5, 5.41) is 3.12. The van der Waals surface area contributed by atoms with Crippen molar-refractivity contribution in [3.8, 4) is 0 Å². The van der Waals surface area contributed by atoms with Crippen molar-refractivity contribution in [3.63, 3.8) is 0 Å². The molecule has 0 unspecified atom stereocenters. The Morgan fingerprint density at radius 2 is 1.75 bits per heavy atom. The van der Waals surface area contributed by atoms with Crippen LogP contribution < -0.4 is 10.0 Å². The van der Waals surface area contributed by atoms with Gasteiger partial charge < -0.3 is 9.47 Å². The number of rotatable bonds is 5. The summed E-state index contributed by atoms with van der Waals surface area (Å²) < 4.78 is 11.5. The van der Waals surface area contributed by atoms with Crippen LogP contribution in [0.1, 0.15) is 0 Å². The van der Waals surface area contributed by atoms with Crippen molar-refractivity contribution in [2.75, 3.05) is 18.5 Å². The van der Waals surface area contributed by atoms with E-state index in [9.17, 15) is 9.59 Å². The fourth-order valence-corrected chi connectivity index (χ4v) is 1.67. The van der Waals surface area contributed by atoms with Gasteiger partial charge in [-0.1, -0.05) is 23.2 Å². The van der Waals surface area contributed by atoms with Gasteiger partial charge in [0.1, 0.15) is 13.2 Å². The lowest BCUT2D eigenvalue weighted by Gasteiger charge is -2.08. The molecule has 0 aliphatic rings. The number of amides is 2. The number of halogens is 3. The summed E-state index contributed by atoms with van der Waals surface area (Å²) in [5.41, 5.74) is 0.432. The highest BCUT2D eigenvalue weighted by molar-refractivity contribution is 8.19. The molecule has 1 rings (SSSR count). The Morgan fingerprint density at radius 3 is 2.35 bits per heavy atom. The lowest BCUT2D eigenvalue weighted by atomic mass is 10.3. The van der Waals surface area contributed by atoms with Crippen molar-refractivity contribution >= 4 is 62.9 Å². The van der Waals surface area contributed by atoms with Gasteiger partial charge in [-0.2, -0.15) is 0 Å². The minimum absolute atomic E-state index is 0.0991. The molecule has 110 valence electrons. The highest BCUT2D eigenvalue weighted by atomic mass is 35.7. The van der Waals surface area contributed by atoms with E-state index in [1.165, 1.54) is 12.1 Å². The fourth-order valence-electron chi connectivity index (χ4n) is 1.06.